The molecule has 0 fully saturated rings. The molecule has 0 N–H and O–H groups in total. The number of nitrogens with zero attached hydrogens (tertiary/aromatic N) is 2. The number of nitriles is 1. The monoisotopic (exact) mass is 497 g/mol. The average Bonchev–Trinajstić information content (AvgIpc) is 2.87. The maximum Gasteiger partial charge on any atom is 0.213 e. The van der Waals surface area contributed by atoms with Gasteiger partial charge in [0, 0.05) is 17.2 Å². The van der Waals surface area contributed by atoms with Gasteiger partial charge in [-0.15, -0.1) is 0 Å². The van der Waals surface area contributed by atoms with Gasteiger partial charge >= 0.3 is 0 Å². The smallest absolute Gasteiger partial charge is 0.200 e. The third kappa shape index (κ3) is 4.37. The van der Waals surface area contributed by atoms with Crippen LogP contribution in [0.1, 0.15) is 63.8 Å². The van der Waals surface area contributed by atoms with E-state index >= 15 is 0 Å². The second kappa shape index (κ2) is 9.10. The first kappa shape index (κ1) is 25.7. The van der Waals surface area contributed by atoms with Crippen LogP contribution in [0, 0.1) is 18.3 Å². The van der Waals surface area contributed by atoms with Gasteiger partial charge in [0.1, 0.15) is 18.7 Å². The SMILES string of the molecule is Cc1c(-c2cc(-c3cc(C(C)(C)C)c4ccccc4c3)c(C#N)c[n+]2C)cc(C(C)(C)C)c2ccccc12. The lowest BCUT2D eigenvalue weighted by Gasteiger charge is -2.24. The highest BCUT2D eigenvalue weighted by Crippen LogP contribution is 2.39. The number of rotatable bonds is 2. The van der Waals surface area contributed by atoms with Gasteiger partial charge in [-0.05, 0) is 79.8 Å². The molecule has 0 saturated carbocycles. The Balaban J connectivity index is 1.84. The summed E-state index contributed by atoms with van der Waals surface area (Å²) in [6, 6.07) is 28.9. The molecule has 0 amide bonds. The Hall–Kier alpha value is -3.96. The molecule has 5 rings (SSSR count). The van der Waals surface area contributed by atoms with Crippen LogP contribution in [0.2, 0.25) is 0 Å². The molecule has 1 heterocycles. The Bertz CT molecular complexity index is 1750. The lowest BCUT2D eigenvalue weighted by atomic mass is 9.80. The van der Waals surface area contributed by atoms with Gasteiger partial charge in [-0.1, -0.05) is 90.1 Å². The van der Waals surface area contributed by atoms with E-state index in [1.54, 1.807) is 0 Å². The maximum atomic E-state index is 10.2. The first-order valence-corrected chi connectivity index (χ1v) is 13.4. The van der Waals surface area contributed by atoms with E-state index in [0.29, 0.717) is 5.56 Å². The van der Waals surface area contributed by atoms with Crippen LogP contribution < -0.4 is 4.57 Å². The molecule has 0 saturated heterocycles. The zero-order chi connectivity index (χ0) is 27.4. The minimum atomic E-state index is -0.0265. The molecule has 4 aromatic carbocycles. The van der Waals surface area contributed by atoms with Crippen molar-refractivity contribution in [1.82, 2.24) is 0 Å². The zero-order valence-electron chi connectivity index (χ0n) is 23.9. The van der Waals surface area contributed by atoms with Gasteiger partial charge in [0.15, 0.2) is 6.20 Å². The number of fused-ring (bicyclic) bond motifs is 2. The van der Waals surface area contributed by atoms with E-state index in [-0.39, 0.29) is 10.8 Å². The molecular formula is C36H37N2+. The second-order valence-corrected chi connectivity index (χ2v) is 12.6. The van der Waals surface area contributed by atoms with Crippen molar-refractivity contribution >= 4 is 21.5 Å². The number of pyridine rings is 1. The summed E-state index contributed by atoms with van der Waals surface area (Å²) in [5.74, 6) is 0. The number of hydrogen-bond acceptors (Lipinski definition) is 1. The van der Waals surface area contributed by atoms with Crippen LogP contribution in [-0.4, -0.2) is 0 Å². The van der Waals surface area contributed by atoms with Crippen molar-refractivity contribution in [3.05, 3.63) is 101 Å². The van der Waals surface area contributed by atoms with Crippen LogP contribution >= 0.6 is 0 Å². The van der Waals surface area contributed by atoms with E-state index in [1.807, 2.05) is 13.2 Å². The number of benzene rings is 4. The van der Waals surface area contributed by atoms with Gasteiger partial charge < -0.3 is 0 Å². The fourth-order valence-electron chi connectivity index (χ4n) is 5.74. The third-order valence-corrected chi connectivity index (χ3v) is 7.77. The molecule has 0 aliphatic rings. The van der Waals surface area contributed by atoms with Gasteiger partial charge in [-0.3, -0.25) is 0 Å². The van der Waals surface area contributed by atoms with Gasteiger partial charge in [0.2, 0.25) is 5.69 Å². The maximum absolute atomic E-state index is 10.2. The van der Waals surface area contributed by atoms with Gasteiger partial charge in [0.25, 0.3) is 0 Å². The van der Waals surface area contributed by atoms with Crippen molar-refractivity contribution in [3.8, 4) is 28.5 Å². The van der Waals surface area contributed by atoms with E-state index in [1.165, 1.54) is 43.8 Å². The van der Waals surface area contributed by atoms with Gasteiger partial charge in [0.05, 0.1) is 0 Å². The fraction of sp³-hybridized carbons (Fsp3) is 0.278. The predicted octanol–water partition coefficient (Wildman–Crippen LogP) is 8.93. The Kier molecular flexibility index (Phi) is 6.15. The molecule has 38 heavy (non-hydrogen) atoms. The summed E-state index contributed by atoms with van der Waals surface area (Å²) in [6.07, 6.45) is 1.99. The van der Waals surface area contributed by atoms with Crippen molar-refractivity contribution < 1.29 is 4.57 Å². The Labute approximate surface area is 227 Å². The summed E-state index contributed by atoms with van der Waals surface area (Å²) in [5, 5.41) is 15.2. The summed E-state index contributed by atoms with van der Waals surface area (Å²) < 4.78 is 2.11. The van der Waals surface area contributed by atoms with Crippen LogP contribution in [-0.2, 0) is 17.9 Å². The molecule has 0 radical (unpaired) electrons. The Morgan fingerprint density at radius 3 is 1.89 bits per heavy atom. The van der Waals surface area contributed by atoms with Gasteiger partial charge in [-0.2, -0.15) is 9.83 Å². The molecule has 2 heteroatoms. The number of aryl methyl sites for hydroxylation is 2. The van der Waals surface area contributed by atoms with Crippen LogP contribution in [0.15, 0.2) is 79.0 Å². The molecule has 0 aliphatic heterocycles. The predicted molar refractivity (Wildman–Crippen MR) is 160 cm³/mol. The number of aromatic nitrogens is 1. The van der Waals surface area contributed by atoms with Crippen molar-refractivity contribution in [2.75, 3.05) is 0 Å². The summed E-state index contributed by atoms with van der Waals surface area (Å²) in [7, 11) is 2.05. The molecule has 5 aromatic rings. The topological polar surface area (TPSA) is 27.7 Å². The average molecular weight is 498 g/mol. The Morgan fingerprint density at radius 2 is 1.26 bits per heavy atom. The minimum Gasteiger partial charge on any atom is -0.200 e. The molecule has 190 valence electrons. The van der Waals surface area contributed by atoms with Crippen molar-refractivity contribution in [1.29, 1.82) is 5.26 Å². The molecule has 0 aliphatic carbocycles. The largest absolute Gasteiger partial charge is 0.213 e. The van der Waals surface area contributed by atoms with Crippen LogP contribution in [0.25, 0.3) is 43.9 Å². The van der Waals surface area contributed by atoms with E-state index in [9.17, 15) is 5.26 Å². The summed E-state index contributed by atoms with van der Waals surface area (Å²) in [6.45, 7) is 15.8. The normalized spacial score (nSPS) is 12.2. The molecular weight excluding hydrogens is 460 g/mol. The van der Waals surface area contributed by atoms with E-state index in [2.05, 4.69) is 132 Å². The fourth-order valence-corrected chi connectivity index (χ4v) is 5.74. The zero-order valence-corrected chi connectivity index (χ0v) is 23.9. The molecule has 0 bridgehead atoms. The molecule has 1 aromatic heterocycles. The second-order valence-electron chi connectivity index (χ2n) is 12.6. The molecule has 0 atom stereocenters. The van der Waals surface area contributed by atoms with Crippen LogP contribution in [0.3, 0.4) is 0 Å². The third-order valence-electron chi connectivity index (χ3n) is 7.77. The Morgan fingerprint density at radius 1 is 0.684 bits per heavy atom. The lowest BCUT2D eigenvalue weighted by molar-refractivity contribution is -0.660. The van der Waals surface area contributed by atoms with E-state index < -0.39 is 0 Å². The van der Waals surface area contributed by atoms with Crippen molar-refractivity contribution in [2.24, 2.45) is 7.05 Å². The lowest BCUT2D eigenvalue weighted by Crippen LogP contribution is -2.32. The summed E-state index contributed by atoms with van der Waals surface area (Å²) >= 11 is 0. The molecule has 0 spiro atoms. The first-order valence-electron chi connectivity index (χ1n) is 13.4. The first-order chi connectivity index (χ1) is 17.9. The van der Waals surface area contributed by atoms with Gasteiger partial charge in [-0.25, -0.2) is 0 Å². The van der Waals surface area contributed by atoms with Crippen LogP contribution in [0.5, 0.6) is 0 Å². The number of hydrogen-bond donors (Lipinski definition) is 0. The van der Waals surface area contributed by atoms with Crippen molar-refractivity contribution in [2.45, 2.75) is 59.3 Å². The highest BCUT2D eigenvalue weighted by molar-refractivity contribution is 5.95. The summed E-state index contributed by atoms with van der Waals surface area (Å²) in [5.41, 5.74) is 8.91. The van der Waals surface area contributed by atoms with E-state index in [4.69, 9.17) is 0 Å². The molecule has 0 unspecified atom stereocenters. The molecule has 2 nitrogen and oxygen atoms in total. The quantitative estimate of drug-likeness (QED) is 0.224. The summed E-state index contributed by atoms with van der Waals surface area (Å²) in [4.78, 5) is 0. The van der Waals surface area contributed by atoms with Crippen molar-refractivity contribution in [3.63, 3.8) is 0 Å². The standard InChI is InChI=1S/C36H37N2/c1-23-27-14-11-12-16-29(27)33(36(5,6)7)19-30(23)34-20-31(26(21-37)22-38(34)8)25-17-24-13-9-10-15-28(24)32(18-25)35(2,3)4/h9-20,22H,1-8H3/q+1. The highest BCUT2D eigenvalue weighted by atomic mass is 14.9. The highest BCUT2D eigenvalue weighted by Gasteiger charge is 2.25. The van der Waals surface area contributed by atoms with Crippen LogP contribution in [0.4, 0.5) is 0 Å². The minimum absolute atomic E-state index is 0.00396. The van der Waals surface area contributed by atoms with E-state index in [0.717, 1.165) is 16.8 Å².